The average Bonchev–Trinajstić information content (AvgIpc) is 3.34. The van der Waals surface area contributed by atoms with Gasteiger partial charge in [0.05, 0.1) is 0 Å². The van der Waals surface area contributed by atoms with Gasteiger partial charge < -0.3 is 0 Å². The molecule has 6 rings (SSSR count). The SMILES string of the molecule is CC.CC.CC.CC.CC.CC.CC.CC.CC.Cc1ccc(-c2ccncc2)cc1.Cc1cccc(-c2ccncc2)c1.Cc1ccccc1-c1ccncc1. The lowest BCUT2D eigenvalue weighted by molar-refractivity contribution is 1.32. The van der Waals surface area contributed by atoms with E-state index in [0.29, 0.717) is 0 Å². The summed E-state index contributed by atoms with van der Waals surface area (Å²) in [5.74, 6) is 0. The van der Waals surface area contributed by atoms with Crippen LogP contribution >= 0.6 is 0 Å². The Morgan fingerprint density at radius 2 is 0.596 bits per heavy atom. The molecular weight excluding hydrogens is 691 g/mol. The van der Waals surface area contributed by atoms with Crippen molar-refractivity contribution >= 4 is 0 Å². The van der Waals surface area contributed by atoms with Crippen LogP contribution < -0.4 is 0 Å². The number of aryl methyl sites for hydroxylation is 3. The monoisotopic (exact) mass is 778 g/mol. The Morgan fingerprint density at radius 1 is 0.263 bits per heavy atom. The minimum absolute atomic E-state index is 1.22. The number of hydrogen-bond donors (Lipinski definition) is 0. The summed E-state index contributed by atoms with van der Waals surface area (Å²) in [7, 11) is 0. The lowest BCUT2D eigenvalue weighted by Crippen LogP contribution is -1.81. The summed E-state index contributed by atoms with van der Waals surface area (Å²) in [5, 5.41) is 0. The molecule has 0 saturated heterocycles. The van der Waals surface area contributed by atoms with E-state index in [-0.39, 0.29) is 0 Å². The Bertz CT molecular complexity index is 1550. The summed E-state index contributed by atoms with van der Waals surface area (Å²) < 4.78 is 0. The van der Waals surface area contributed by atoms with Gasteiger partial charge in [-0.1, -0.05) is 209 Å². The van der Waals surface area contributed by atoms with Crippen LogP contribution in [-0.2, 0) is 0 Å². The smallest absolute Gasteiger partial charge is 0.0273 e. The second kappa shape index (κ2) is 53.2. The zero-order chi connectivity index (χ0) is 45.3. The van der Waals surface area contributed by atoms with Crippen molar-refractivity contribution in [3.05, 3.63) is 163 Å². The van der Waals surface area contributed by atoms with Crippen molar-refractivity contribution < 1.29 is 0 Å². The molecule has 318 valence electrons. The topological polar surface area (TPSA) is 38.7 Å². The minimum Gasteiger partial charge on any atom is -0.265 e. The van der Waals surface area contributed by atoms with Crippen LogP contribution in [-0.4, -0.2) is 15.0 Å². The van der Waals surface area contributed by atoms with Crippen molar-refractivity contribution in [3.63, 3.8) is 0 Å². The summed E-state index contributed by atoms with van der Waals surface area (Å²) in [6.45, 7) is 42.3. The van der Waals surface area contributed by atoms with E-state index < -0.39 is 0 Å². The molecule has 3 aromatic heterocycles. The molecule has 0 aliphatic carbocycles. The van der Waals surface area contributed by atoms with E-state index in [0.717, 1.165) is 0 Å². The molecule has 0 fully saturated rings. The Kier molecular flexibility index (Phi) is 59.8. The van der Waals surface area contributed by atoms with Gasteiger partial charge in [-0.05, 0) is 96.1 Å². The Hall–Kier alpha value is -4.89. The van der Waals surface area contributed by atoms with Gasteiger partial charge in [0.15, 0.2) is 0 Å². The highest BCUT2D eigenvalue weighted by atomic mass is 14.6. The molecule has 3 nitrogen and oxygen atoms in total. The van der Waals surface area contributed by atoms with Gasteiger partial charge in [0.2, 0.25) is 0 Å². The highest BCUT2D eigenvalue weighted by Gasteiger charge is 1.98. The fourth-order valence-corrected chi connectivity index (χ4v) is 4.09. The van der Waals surface area contributed by atoms with Gasteiger partial charge in [0.1, 0.15) is 0 Å². The van der Waals surface area contributed by atoms with Crippen molar-refractivity contribution in [1.82, 2.24) is 15.0 Å². The number of aromatic nitrogens is 3. The van der Waals surface area contributed by atoms with Crippen molar-refractivity contribution in [1.29, 1.82) is 0 Å². The molecule has 3 heterocycles. The van der Waals surface area contributed by atoms with Crippen LogP contribution in [0.2, 0.25) is 0 Å². The summed E-state index contributed by atoms with van der Waals surface area (Å²) in [6.07, 6.45) is 10.9. The first kappa shape index (κ1) is 64.0. The van der Waals surface area contributed by atoms with Crippen LogP contribution in [0.15, 0.2) is 146 Å². The Balaban J connectivity index is -0.000000143. The van der Waals surface area contributed by atoms with Crippen molar-refractivity contribution in [2.24, 2.45) is 0 Å². The quantitative estimate of drug-likeness (QED) is 0.180. The molecule has 0 saturated carbocycles. The van der Waals surface area contributed by atoms with Crippen molar-refractivity contribution in [3.8, 4) is 33.4 Å². The number of hydrogen-bond acceptors (Lipinski definition) is 3. The molecule has 0 amide bonds. The van der Waals surface area contributed by atoms with Crippen LogP contribution in [0.1, 0.15) is 141 Å². The molecule has 57 heavy (non-hydrogen) atoms. The van der Waals surface area contributed by atoms with E-state index >= 15 is 0 Å². The first-order valence-electron chi connectivity index (χ1n) is 22.0. The maximum atomic E-state index is 4.00. The Morgan fingerprint density at radius 3 is 0.965 bits per heavy atom. The highest BCUT2D eigenvalue weighted by molar-refractivity contribution is 5.66. The van der Waals surface area contributed by atoms with Crippen molar-refractivity contribution in [2.45, 2.75) is 145 Å². The van der Waals surface area contributed by atoms with Gasteiger partial charge in [-0.3, -0.25) is 15.0 Å². The molecule has 0 atom stereocenters. The number of pyridine rings is 3. The summed E-state index contributed by atoms with van der Waals surface area (Å²) in [5.41, 5.74) is 11.3. The molecule has 0 radical (unpaired) electrons. The number of benzene rings is 3. The molecule has 0 aliphatic heterocycles. The summed E-state index contributed by atoms with van der Waals surface area (Å²) in [6, 6.07) is 37.5. The molecule has 0 N–H and O–H groups in total. The fraction of sp³-hybridized carbons (Fsp3) is 0.389. The van der Waals surface area contributed by atoms with Gasteiger partial charge in [-0.25, -0.2) is 0 Å². The lowest BCUT2D eigenvalue weighted by Gasteiger charge is -2.03. The van der Waals surface area contributed by atoms with Crippen LogP contribution in [0.5, 0.6) is 0 Å². The number of rotatable bonds is 3. The molecule has 3 heteroatoms. The van der Waals surface area contributed by atoms with E-state index in [1.807, 2.05) is 198 Å². The van der Waals surface area contributed by atoms with Gasteiger partial charge in [-0.15, -0.1) is 0 Å². The lowest BCUT2D eigenvalue weighted by atomic mass is 10.0. The first-order chi connectivity index (χ1) is 28.1. The second-order valence-corrected chi connectivity index (χ2v) is 9.26. The highest BCUT2D eigenvalue weighted by Crippen LogP contribution is 2.22. The third-order valence-electron chi connectivity index (χ3n) is 6.23. The molecular formula is C54H87N3. The third-order valence-corrected chi connectivity index (χ3v) is 6.23. The molecule has 0 bridgehead atoms. The predicted octanol–water partition coefficient (Wildman–Crippen LogP) is 18.4. The largest absolute Gasteiger partial charge is 0.265 e. The van der Waals surface area contributed by atoms with Gasteiger partial charge >= 0.3 is 0 Å². The normalized spacial score (nSPS) is 7.74. The van der Waals surface area contributed by atoms with Crippen LogP contribution in [0.4, 0.5) is 0 Å². The van der Waals surface area contributed by atoms with Gasteiger partial charge in [0.25, 0.3) is 0 Å². The molecule has 0 aliphatic rings. The standard InChI is InChI=1S/3C12H11N.9C2H6/c1-10-2-4-11(5-3-10)12-6-8-13-9-7-12;1-10-3-2-4-12(9-10)11-5-7-13-8-6-11;1-10-4-2-3-5-12(10)11-6-8-13-9-7-11;9*1-2/h3*2-9H,1H3;9*1-2H3. The van der Waals surface area contributed by atoms with Crippen LogP contribution in [0.3, 0.4) is 0 Å². The molecule has 3 aromatic carbocycles. The Labute approximate surface area is 355 Å². The van der Waals surface area contributed by atoms with E-state index in [1.54, 1.807) is 0 Å². The van der Waals surface area contributed by atoms with E-state index in [4.69, 9.17) is 0 Å². The minimum atomic E-state index is 1.22. The van der Waals surface area contributed by atoms with Gasteiger partial charge in [-0.2, -0.15) is 0 Å². The zero-order valence-corrected chi connectivity index (χ0v) is 40.7. The van der Waals surface area contributed by atoms with E-state index in [1.165, 1.54) is 50.1 Å². The maximum Gasteiger partial charge on any atom is 0.0273 e. The molecule has 6 aromatic rings. The first-order valence-corrected chi connectivity index (χ1v) is 22.0. The average molecular weight is 778 g/mol. The van der Waals surface area contributed by atoms with Crippen molar-refractivity contribution in [2.75, 3.05) is 0 Å². The second-order valence-electron chi connectivity index (χ2n) is 9.26. The summed E-state index contributed by atoms with van der Waals surface area (Å²) >= 11 is 0. The summed E-state index contributed by atoms with van der Waals surface area (Å²) in [4.78, 5) is 12.0. The fourth-order valence-electron chi connectivity index (χ4n) is 4.09. The number of nitrogens with zero attached hydrogens (tertiary/aromatic N) is 3. The van der Waals surface area contributed by atoms with Crippen LogP contribution in [0.25, 0.3) is 33.4 Å². The molecule has 0 unspecified atom stereocenters. The maximum absolute atomic E-state index is 4.00. The molecule has 0 spiro atoms. The predicted molar refractivity (Wildman–Crippen MR) is 265 cm³/mol. The van der Waals surface area contributed by atoms with E-state index in [2.05, 4.69) is 109 Å². The third kappa shape index (κ3) is 32.0. The van der Waals surface area contributed by atoms with E-state index in [9.17, 15) is 0 Å². The zero-order valence-electron chi connectivity index (χ0n) is 40.7. The van der Waals surface area contributed by atoms with Crippen LogP contribution in [0, 0.1) is 20.8 Å². The van der Waals surface area contributed by atoms with Gasteiger partial charge in [0, 0.05) is 37.2 Å².